The summed E-state index contributed by atoms with van der Waals surface area (Å²) in [6, 6.07) is 6.00. The highest BCUT2D eigenvalue weighted by Gasteiger charge is 2.40. The van der Waals surface area contributed by atoms with Crippen molar-refractivity contribution in [3.8, 4) is 5.75 Å². The summed E-state index contributed by atoms with van der Waals surface area (Å²) in [5, 5.41) is 3.24. The Labute approximate surface area is 278 Å². The van der Waals surface area contributed by atoms with Crippen LogP contribution in [-0.2, 0) is 35.0 Å². The van der Waals surface area contributed by atoms with E-state index in [1.165, 1.54) is 70.6 Å². The van der Waals surface area contributed by atoms with Crippen LogP contribution in [0.3, 0.4) is 0 Å². The first-order valence-corrected chi connectivity index (χ1v) is 17.7. The van der Waals surface area contributed by atoms with Gasteiger partial charge in [-0.1, -0.05) is 96.1 Å². The lowest BCUT2D eigenvalue weighted by Gasteiger charge is -2.32. The Morgan fingerprint density at radius 1 is 0.674 bits per heavy atom. The SMILES string of the molecule is CCCCCCCCCCCCCCCc1cccc(OCC)c1C1C(C(=O)OCCOC)=C(C)NC(C)=C1C(=O)OCCOC. The highest BCUT2D eigenvalue weighted by atomic mass is 16.6. The van der Waals surface area contributed by atoms with Gasteiger partial charge in [0.25, 0.3) is 0 Å². The maximum atomic E-state index is 13.7. The molecular weight excluding hydrogens is 582 g/mol. The smallest absolute Gasteiger partial charge is 0.336 e. The van der Waals surface area contributed by atoms with Gasteiger partial charge in [-0.05, 0) is 45.2 Å². The normalized spacial score (nSPS) is 13.6. The maximum Gasteiger partial charge on any atom is 0.336 e. The standard InChI is InChI=1S/C38H61NO7/c1-7-9-10-11-12-13-14-15-16-17-18-19-20-22-31-23-21-24-32(44-8-2)35(31)36-33(37(40)45-27-25-42-5)29(3)39-30(4)34(36)38(41)46-28-26-43-6/h21,23-24,36,39H,7-20,22,25-28H2,1-6H3. The summed E-state index contributed by atoms with van der Waals surface area (Å²) in [5.74, 6) is -1.06. The first-order chi connectivity index (χ1) is 22.4. The number of carbonyl (C=O) groups is 2. The van der Waals surface area contributed by atoms with Crippen molar-refractivity contribution in [1.82, 2.24) is 5.32 Å². The second-order valence-corrected chi connectivity index (χ2v) is 12.1. The van der Waals surface area contributed by atoms with Gasteiger partial charge in [-0.25, -0.2) is 9.59 Å². The number of allylic oxidation sites excluding steroid dienone is 2. The molecule has 1 aromatic carbocycles. The van der Waals surface area contributed by atoms with Crippen molar-refractivity contribution in [2.45, 2.75) is 124 Å². The van der Waals surface area contributed by atoms with Gasteiger partial charge in [0.1, 0.15) is 19.0 Å². The van der Waals surface area contributed by atoms with Crippen molar-refractivity contribution in [2.75, 3.05) is 47.3 Å². The van der Waals surface area contributed by atoms with Crippen LogP contribution in [0.1, 0.15) is 128 Å². The van der Waals surface area contributed by atoms with E-state index in [-0.39, 0.29) is 26.4 Å². The van der Waals surface area contributed by atoms with Crippen LogP contribution in [-0.4, -0.2) is 59.2 Å². The van der Waals surface area contributed by atoms with Crippen LogP contribution in [0.15, 0.2) is 40.7 Å². The molecule has 1 N–H and O–H groups in total. The minimum atomic E-state index is -0.717. The molecule has 8 nitrogen and oxygen atoms in total. The summed E-state index contributed by atoms with van der Waals surface area (Å²) in [5.41, 5.74) is 3.90. The Morgan fingerprint density at radius 2 is 1.15 bits per heavy atom. The minimum Gasteiger partial charge on any atom is -0.494 e. The molecule has 260 valence electrons. The number of aryl methyl sites for hydroxylation is 1. The van der Waals surface area contributed by atoms with Crippen LogP contribution in [0.25, 0.3) is 0 Å². The monoisotopic (exact) mass is 643 g/mol. The van der Waals surface area contributed by atoms with Gasteiger partial charge in [-0.15, -0.1) is 0 Å². The summed E-state index contributed by atoms with van der Waals surface area (Å²) < 4.78 is 27.6. The fraction of sp³-hybridized carbons (Fsp3) is 0.684. The Kier molecular flexibility index (Phi) is 20.1. The zero-order chi connectivity index (χ0) is 33.6. The average molecular weight is 644 g/mol. The molecule has 0 amide bonds. The van der Waals surface area contributed by atoms with Crippen LogP contribution in [0, 0.1) is 0 Å². The Hall–Kier alpha value is -2.84. The number of rotatable bonds is 25. The Balaban J connectivity index is 2.24. The molecule has 0 spiro atoms. The summed E-state index contributed by atoms with van der Waals surface area (Å²) in [6.07, 6.45) is 17.6. The topological polar surface area (TPSA) is 92.3 Å². The lowest BCUT2D eigenvalue weighted by molar-refractivity contribution is -0.141. The number of nitrogens with one attached hydrogen (secondary N) is 1. The fourth-order valence-electron chi connectivity index (χ4n) is 6.16. The van der Waals surface area contributed by atoms with E-state index in [0.29, 0.717) is 34.9 Å². The van der Waals surface area contributed by atoms with Crippen molar-refractivity contribution in [2.24, 2.45) is 0 Å². The molecule has 1 aromatic rings. The third-order valence-electron chi connectivity index (χ3n) is 8.54. The predicted octanol–water partition coefficient (Wildman–Crippen LogP) is 8.33. The van der Waals surface area contributed by atoms with Crippen molar-refractivity contribution in [1.29, 1.82) is 0 Å². The molecule has 0 atom stereocenters. The molecular formula is C38H61NO7. The van der Waals surface area contributed by atoms with E-state index in [2.05, 4.69) is 18.3 Å². The number of ether oxygens (including phenoxy) is 5. The van der Waals surface area contributed by atoms with Crippen molar-refractivity contribution < 1.29 is 33.3 Å². The summed E-state index contributed by atoms with van der Waals surface area (Å²) in [7, 11) is 3.12. The van der Waals surface area contributed by atoms with Gasteiger partial charge >= 0.3 is 11.9 Å². The minimum absolute atomic E-state index is 0.105. The molecule has 1 aliphatic heterocycles. The number of esters is 2. The number of carbonyl (C=O) groups excluding carboxylic acids is 2. The van der Waals surface area contributed by atoms with E-state index in [1.807, 2.05) is 32.9 Å². The van der Waals surface area contributed by atoms with Crippen molar-refractivity contribution >= 4 is 11.9 Å². The lowest BCUT2D eigenvalue weighted by atomic mass is 9.77. The molecule has 0 saturated carbocycles. The van der Waals surface area contributed by atoms with Crippen molar-refractivity contribution in [3.05, 3.63) is 51.9 Å². The first kappa shape index (κ1) is 39.3. The van der Waals surface area contributed by atoms with E-state index in [4.69, 9.17) is 23.7 Å². The van der Waals surface area contributed by atoms with E-state index in [9.17, 15) is 9.59 Å². The van der Waals surface area contributed by atoms with Gasteiger partial charge in [0.15, 0.2) is 0 Å². The molecule has 8 heteroatoms. The molecule has 0 bridgehead atoms. The van der Waals surface area contributed by atoms with Gasteiger partial charge < -0.3 is 29.0 Å². The molecule has 46 heavy (non-hydrogen) atoms. The van der Waals surface area contributed by atoms with Gasteiger partial charge in [-0.2, -0.15) is 0 Å². The van der Waals surface area contributed by atoms with Gasteiger partial charge in [0.05, 0.1) is 36.9 Å². The van der Waals surface area contributed by atoms with E-state index in [0.717, 1.165) is 30.4 Å². The second-order valence-electron chi connectivity index (χ2n) is 12.1. The van der Waals surface area contributed by atoms with E-state index >= 15 is 0 Å². The first-order valence-electron chi connectivity index (χ1n) is 17.7. The number of hydrogen-bond acceptors (Lipinski definition) is 8. The molecule has 0 unspecified atom stereocenters. The van der Waals surface area contributed by atoms with E-state index < -0.39 is 17.9 Å². The van der Waals surface area contributed by atoms with Crippen LogP contribution in [0.5, 0.6) is 5.75 Å². The molecule has 0 saturated heterocycles. The quantitative estimate of drug-likeness (QED) is 0.0840. The molecule has 0 aromatic heterocycles. The van der Waals surface area contributed by atoms with Gasteiger partial charge in [-0.3, -0.25) is 0 Å². The molecule has 2 rings (SSSR count). The van der Waals surface area contributed by atoms with Crippen LogP contribution in [0.4, 0.5) is 0 Å². The zero-order valence-electron chi connectivity index (χ0n) is 29.6. The highest BCUT2D eigenvalue weighted by molar-refractivity contribution is 6.00. The Bertz CT molecular complexity index is 1070. The third-order valence-corrected chi connectivity index (χ3v) is 8.54. The molecule has 0 aliphatic carbocycles. The number of dihydropyridines is 1. The lowest BCUT2D eigenvalue weighted by Crippen LogP contribution is -2.33. The predicted molar refractivity (Wildman–Crippen MR) is 184 cm³/mol. The fourth-order valence-corrected chi connectivity index (χ4v) is 6.16. The van der Waals surface area contributed by atoms with E-state index in [1.54, 1.807) is 14.2 Å². The van der Waals surface area contributed by atoms with Crippen LogP contribution < -0.4 is 10.1 Å². The average Bonchev–Trinajstić information content (AvgIpc) is 3.03. The van der Waals surface area contributed by atoms with Crippen LogP contribution in [0.2, 0.25) is 0 Å². The summed E-state index contributed by atoms with van der Waals surface area (Å²) >= 11 is 0. The number of hydrogen-bond donors (Lipinski definition) is 1. The molecule has 0 radical (unpaired) electrons. The zero-order valence-corrected chi connectivity index (χ0v) is 29.6. The molecule has 1 heterocycles. The molecule has 0 fully saturated rings. The van der Waals surface area contributed by atoms with Crippen LogP contribution >= 0.6 is 0 Å². The highest BCUT2D eigenvalue weighted by Crippen LogP contribution is 2.45. The second kappa shape index (κ2) is 23.5. The van der Waals surface area contributed by atoms with Gasteiger partial charge in [0.2, 0.25) is 0 Å². The third kappa shape index (κ3) is 13.1. The number of unbranched alkanes of at least 4 members (excludes halogenated alkanes) is 12. The Morgan fingerprint density at radius 3 is 1.61 bits per heavy atom. The largest absolute Gasteiger partial charge is 0.494 e. The van der Waals surface area contributed by atoms with Gasteiger partial charge in [0, 0.05) is 31.2 Å². The summed E-state index contributed by atoms with van der Waals surface area (Å²) in [4.78, 5) is 27.3. The van der Waals surface area contributed by atoms with Crippen molar-refractivity contribution in [3.63, 3.8) is 0 Å². The number of methoxy groups -OCH3 is 2. The number of benzene rings is 1. The molecule has 1 aliphatic rings. The maximum absolute atomic E-state index is 13.7. The summed E-state index contributed by atoms with van der Waals surface area (Å²) in [6.45, 7) is 9.09.